The molecule has 1 amide bonds. The first kappa shape index (κ1) is 14.2. The highest BCUT2D eigenvalue weighted by Gasteiger charge is 2.14. The van der Waals surface area contributed by atoms with Crippen LogP contribution in [0.4, 0.5) is 5.69 Å². The molecule has 1 N–H and O–H groups in total. The molecule has 0 radical (unpaired) electrons. The topological polar surface area (TPSA) is 55.4 Å². The lowest BCUT2D eigenvalue weighted by Gasteiger charge is -2.11. The second-order valence-electron chi connectivity index (χ2n) is 4.30. The summed E-state index contributed by atoms with van der Waals surface area (Å²) in [6, 6.07) is 6.83. The summed E-state index contributed by atoms with van der Waals surface area (Å²) in [5.41, 5.74) is 0.871. The Labute approximate surface area is 107 Å². The molecule has 18 heavy (non-hydrogen) atoms. The molecule has 1 atom stereocenters. The van der Waals surface area contributed by atoms with Gasteiger partial charge in [0, 0.05) is 6.42 Å². The molecule has 98 valence electrons. The lowest BCUT2D eigenvalue weighted by atomic mass is 10.0. The van der Waals surface area contributed by atoms with Crippen LogP contribution in [-0.4, -0.2) is 19.0 Å². The number of anilines is 1. The summed E-state index contributed by atoms with van der Waals surface area (Å²) in [6.45, 7) is 4.06. The standard InChI is InChI=1S/C14H19NO3/c1-4-10(2)9-13(16)15-12-8-6-5-7-11(12)14(17)18-3/h5-8,10H,4,9H2,1-3H3,(H,15,16). The van der Waals surface area contributed by atoms with Crippen molar-refractivity contribution in [1.29, 1.82) is 0 Å². The van der Waals surface area contributed by atoms with Crippen molar-refractivity contribution in [3.63, 3.8) is 0 Å². The number of esters is 1. The van der Waals surface area contributed by atoms with E-state index >= 15 is 0 Å². The van der Waals surface area contributed by atoms with Crippen molar-refractivity contribution in [1.82, 2.24) is 0 Å². The van der Waals surface area contributed by atoms with E-state index in [9.17, 15) is 9.59 Å². The lowest BCUT2D eigenvalue weighted by molar-refractivity contribution is -0.117. The smallest absolute Gasteiger partial charge is 0.339 e. The molecule has 0 fully saturated rings. The highest BCUT2D eigenvalue weighted by molar-refractivity contribution is 6.01. The molecule has 0 aliphatic heterocycles. The van der Waals surface area contributed by atoms with Crippen molar-refractivity contribution >= 4 is 17.6 Å². The average molecular weight is 249 g/mol. The average Bonchev–Trinajstić information content (AvgIpc) is 2.38. The van der Waals surface area contributed by atoms with E-state index in [1.807, 2.05) is 13.8 Å². The summed E-state index contributed by atoms with van der Waals surface area (Å²) in [7, 11) is 1.32. The summed E-state index contributed by atoms with van der Waals surface area (Å²) in [5.74, 6) is -0.203. The molecule has 0 aliphatic carbocycles. The van der Waals surface area contributed by atoms with E-state index in [0.717, 1.165) is 6.42 Å². The number of methoxy groups -OCH3 is 1. The van der Waals surface area contributed by atoms with Crippen LogP contribution < -0.4 is 5.32 Å². The van der Waals surface area contributed by atoms with E-state index in [1.165, 1.54) is 7.11 Å². The maximum absolute atomic E-state index is 11.8. The molecule has 4 nitrogen and oxygen atoms in total. The largest absolute Gasteiger partial charge is 0.465 e. The normalized spacial score (nSPS) is 11.7. The Morgan fingerprint density at radius 1 is 1.33 bits per heavy atom. The van der Waals surface area contributed by atoms with E-state index in [4.69, 9.17) is 0 Å². The van der Waals surface area contributed by atoms with Crippen LogP contribution >= 0.6 is 0 Å². The Kier molecular flexibility index (Phi) is 5.36. The number of hydrogen-bond acceptors (Lipinski definition) is 3. The third-order valence-electron chi connectivity index (χ3n) is 2.84. The number of rotatable bonds is 5. The van der Waals surface area contributed by atoms with Gasteiger partial charge in [0.25, 0.3) is 0 Å². The summed E-state index contributed by atoms with van der Waals surface area (Å²) in [6.07, 6.45) is 1.40. The van der Waals surface area contributed by atoms with Crippen LogP contribution in [0.25, 0.3) is 0 Å². The molecule has 0 bridgehead atoms. The molecule has 1 aromatic carbocycles. The van der Waals surface area contributed by atoms with Gasteiger partial charge in [-0.1, -0.05) is 32.4 Å². The van der Waals surface area contributed by atoms with Gasteiger partial charge in [0.2, 0.25) is 5.91 Å². The molecule has 1 unspecified atom stereocenters. The first-order valence-corrected chi connectivity index (χ1v) is 6.05. The number of benzene rings is 1. The van der Waals surface area contributed by atoms with Gasteiger partial charge in [-0.2, -0.15) is 0 Å². The van der Waals surface area contributed by atoms with Gasteiger partial charge in [-0.15, -0.1) is 0 Å². The number of carbonyl (C=O) groups is 2. The zero-order chi connectivity index (χ0) is 13.5. The Bertz CT molecular complexity index is 429. The van der Waals surface area contributed by atoms with Crippen LogP contribution in [-0.2, 0) is 9.53 Å². The summed E-state index contributed by atoms with van der Waals surface area (Å²) in [5, 5.41) is 2.75. The number of hydrogen-bond donors (Lipinski definition) is 1. The van der Waals surface area contributed by atoms with E-state index < -0.39 is 5.97 Å². The third kappa shape index (κ3) is 3.87. The van der Waals surface area contributed by atoms with Crippen LogP contribution in [0.1, 0.15) is 37.0 Å². The number of carbonyl (C=O) groups excluding carboxylic acids is 2. The highest BCUT2D eigenvalue weighted by Crippen LogP contribution is 2.17. The fraction of sp³-hybridized carbons (Fsp3) is 0.429. The molecular formula is C14H19NO3. The maximum Gasteiger partial charge on any atom is 0.339 e. The first-order valence-electron chi connectivity index (χ1n) is 6.05. The summed E-state index contributed by atoms with van der Waals surface area (Å²) < 4.78 is 4.67. The van der Waals surface area contributed by atoms with Gasteiger partial charge in [-0.05, 0) is 18.1 Å². The molecule has 0 spiro atoms. The van der Waals surface area contributed by atoms with Gasteiger partial charge >= 0.3 is 5.97 Å². The van der Waals surface area contributed by atoms with Gasteiger partial charge in [0.05, 0.1) is 18.4 Å². The predicted octanol–water partition coefficient (Wildman–Crippen LogP) is 2.85. The Morgan fingerprint density at radius 3 is 2.61 bits per heavy atom. The van der Waals surface area contributed by atoms with Crippen LogP contribution in [0.2, 0.25) is 0 Å². The van der Waals surface area contributed by atoms with E-state index in [-0.39, 0.29) is 5.91 Å². The van der Waals surface area contributed by atoms with Crippen molar-refractivity contribution in [2.24, 2.45) is 5.92 Å². The van der Waals surface area contributed by atoms with Crippen molar-refractivity contribution in [2.75, 3.05) is 12.4 Å². The van der Waals surface area contributed by atoms with Crippen molar-refractivity contribution in [3.05, 3.63) is 29.8 Å². The number of amides is 1. The Hall–Kier alpha value is -1.84. The molecule has 0 aromatic heterocycles. The minimum Gasteiger partial charge on any atom is -0.465 e. The van der Waals surface area contributed by atoms with Crippen LogP contribution in [0.3, 0.4) is 0 Å². The Balaban J connectivity index is 2.78. The van der Waals surface area contributed by atoms with Gasteiger partial charge in [0.15, 0.2) is 0 Å². The van der Waals surface area contributed by atoms with Crippen LogP contribution in [0, 0.1) is 5.92 Å². The van der Waals surface area contributed by atoms with E-state index in [0.29, 0.717) is 23.6 Å². The van der Waals surface area contributed by atoms with E-state index in [1.54, 1.807) is 24.3 Å². The van der Waals surface area contributed by atoms with Crippen molar-refractivity contribution in [2.45, 2.75) is 26.7 Å². The molecule has 1 aromatic rings. The number of para-hydroxylation sites is 1. The monoisotopic (exact) mass is 249 g/mol. The van der Waals surface area contributed by atoms with Gasteiger partial charge < -0.3 is 10.1 Å². The van der Waals surface area contributed by atoms with Crippen LogP contribution in [0.15, 0.2) is 24.3 Å². The van der Waals surface area contributed by atoms with Gasteiger partial charge in [0.1, 0.15) is 0 Å². The quantitative estimate of drug-likeness (QED) is 0.816. The number of ether oxygens (including phenoxy) is 1. The second kappa shape index (κ2) is 6.79. The molecule has 0 saturated heterocycles. The highest BCUT2D eigenvalue weighted by atomic mass is 16.5. The zero-order valence-electron chi connectivity index (χ0n) is 11.0. The minimum atomic E-state index is -0.450. The second-order valence-corrected chi connectivity index (χ2v) is 4.30. The van der Waals surface area contributed by atoms with Crippen molar-refractivity contribution in [3.8, 4) is 0 Å². The van der Waals surface area contributed by atoms with E-state index in [2.05, 4.69) is 10.1 Å². The SMILES string of the molecule is CCC(C)CC(=O)Nc1ccccc1C(=O)OC. The fourth-order valence-electron chi connectivity index (χ4n) is 1.54. The Morgan fingerprint density at radius 2 is 2.00 bits per heavy atom. The number of nitrogens with one attached hydrogen (secondary N) is 1. The zero-order valence-corrected chi connectivity index (χ0v) is 11.0. The molecular weight excluding hydrogens is 230 g/mol. The lowest BCUT2D eigenvalue weighted by Crippen LogP contribution is -2.17. The van der Waals surface area contributed by atoms with Crippen LogP contribution in [0.5, 0.6) is 0 Å². The summed E-state index contributed by atoms with van der Waals surface area (Å²) >= 11 is 0. The fourth-order valence-corrected chi connectivity index (χ4v) is 1.54. The third-order valence-corrected chi connectivity index (χ3v) is 2.84. The van der Waals surface area contributed by atoms with Gasteiger partial charge in [-0.3, -0.25) is 4.79 Å². The minimum absolute atomic E-state index is 0.0827. The van der Waals surface area contributed by atoms with Crippen molar-refractivity contribution < 1.29 is 14.3 Å². The molecule has 0 aliphatic rings. The maximum atomic E-state index is 11.8. The van der Waals surface area contributed by atoms with Gasteiger partial charge in [-0.25, -0.2) is 4.79 Å². The molecule has 0 saturated carbocycles. The molecule has 0 heterocycles. The molecule has 4 heteroatoms. The molecule has 1 rings (SSSR count). The predicted molar refractivity (Wildman–Crippen MR) is 70.5 cm³/mol. The summed E-state index contributed by atoms with van der Waals surface area (Å²) in [4.78, 5) is 23.3. The first-order chi connectivity index (χ1) is 8.58.